The van der Waals surface area contributed by atoms with Gasteiger partial charge in [-0.3, -0.25) is 0 Å². The molecule has 0 amide bonds. The fraction of sp³-hybridized carbons (Fsp3) is 0.273. The third-order valence-electron chi connectivity index (χ3n) is 8.98. The highest BCUT2D eigenvalue weighted by Crippen LogP contribution is 2.62. The number of rotatable bonds is 4. The Morgan fingerprint density at radius 3 is 1.59 bits per heavy atom. The predicted octanol–water partition coefficient (Wildman–Crippen LogP) is 9.42. The van der Waals surface area contributed by atoms with Crippen molar-refractivity contribution in [3.8, 4) is 11.1 Å². The molecule has 1 nitrogen and oxygen atoms in total. The van der Waals surface area contributed by atoms with Gasteiger partial charge < -0.3 is 4.90 Å². The lowest BCUT2D eigenvalue weighted by Crippen LogP contribution is -2.42. The smallest absolute Gasteiger partial charge is 0.0540 e. The van der Waals surface area contributed by atoms with Crippen LogP contribution in [0, 0.1) is 5.41 Å². The minimum atomic E-state index is 0.0787. The number of para-hydroxylation sites is 3. The van der Waals surface area contributed by atoms with Crippen LogP contribution in [-0.4, -0.2) is 0 Å². The van der Waals surface area contributed by atoms with Crippen molar-refractivity contribution in [2.24, 2.45) is 5.41 Å². The lowest BCUT2D eigenvalue weighted by Gasteiger charge is -2.44. The van der Waals surface area contributed by atoms with Crippen LogP contribution in [0.3, 0.4) is 0 Å². The molecular formula is C33H35N. The van der Waals surface area contributed by atoms with Gasteiger partial charge in [-0.15, -0.1) is 0 Å². The van der Waals surface area contributed by atoms with Crippen LogP contribution in [0.4, 0.5) is 17.1 Å². The zero-order valence-corrected chi connectivity index (χ0v) is 21.3. The molecule has 0 atom stereocenters. The average Bonchev–Trinajstić information content (AvgIpc) is 2.95. The minimum Gasteiger partial charge on any atom is -0.310 e. The van der Waals surface area contributed by atoms with Gasteiger partial charge in [0.25, 0.3) is 0 Å². The molecule has 4 aromatic carbocycles. The summed E-state index contributed by atoms with van der Waals surface area (Å²) < 4.78 is 0. The van der Waals surface area contributed by atoms with Gasteiger partial charge in [-0.2, -0.15) is 0 Å². The standard InChI is InChI=1S/C33H35N/c1-31(2)28-22-21-24(23-29(28)32(3,4)33(31,5)6)27-19-13-14-20-30(27)34(25-15-9-7-10-16-25)26-17-11-8-12-18-26/h7-23H,1-6H3. The number of fused-ring (bicyclic) bond motifs is 1. The third-order valence-corrected chi connectivity index (χ3v) is 8.98. The maximum Gasteiger partial charge on any atom is 0.0540 e. The van der Waals surface area contributed by atoms with E-state index in [-0.39, 0.29) is 16.2 Å². The SMILES string of the molecule is CC1(C)c2ccc(-c3ccccc3N(c3ccccc3)c3ccccc3)cc2C(C)(C)C1(C)C. The van der Waals surface area contributed by atoms with E-state index in [1.165, 1.54) is 27.9 Å². The molecule has 1 heteroatoms. The summed E-state index contributed by atoms with van der Waals surface area (Å²) in [6, 6.07) is 37.3. The van der Waals surface area contributed by atoms with Crippen LogP contribution in [-0.2, 0) is 10.8 Å². The number of benzene rings is 4. The Bertz CT molecular complexity index is 1270. The fourth-order valence-corrected chi connectivity index (χ4v) is 5.72. The maximum atomic E-state index is 2.46. The molecule has 34 heavy (non-hydrogen) atoms. The summed E-state index contributed by atoms with van der Waals surface area (Å²) in [6.07, 6.45) is 0. The van der Waals surface area contributed by atoms with Crippen molar-refractivity contribution < 1.29 is 0 Å². The highest BCUT2D eigenvalue weighted by atomic mass is 15.1. The Hall–Kier alpha value is -3.32. The molecule has 0 saturated heterocycles. The molecule has 0 bridgehead atoms. The number of nitrogens with zero attached hydrogens (tertiary/aromatic N) is 1. The molecule has 0 heterocycles. The van der Waals surface area contributed by atoms with Crippen LogP contribution in [0.25, 0.3) is 11.1 Å². The molecule has 172 valence electrons. The summed E-state index contributed by atoms with van der Waals surface area (Å²) >= 11 is 0. The lowest BCUT2D eigenvalue weighted by molar-refractivity contribution is 0.125. The topological polar surface area (TPSA) is 3.24 Å². The summed E-state index contributed by atoms with van der Waals surface area (Å²) in [4.78, 5) is 2.36. The zero-order valence-electron chi connectivity index (χ0n) is 21.3. The van der Waals surface area contributed by atoms with Gasteiger partial charge in [0.1, 0.15) is 0 Å². The van der Waals surface area contributed by atoms with Crippen LogP contribution in [0.15, 0.2) is 103 Å². The van der Waals surface area contributed by atoms with Gasteiger partial charge in [-0.05, 0) is 63.3 Å². The van der Waals surface area contributed by atoms with Gasteiger partial charge in [-0.25, -0.2) is 0 Å². The Labute approximate surface area is 205 Å². The predicted molar refractivity (Wildman–Crippen MR) is 146 cm³/mol. The summed E-state index contributed by atoms with van der Waals surface area (Å²) in [5.41, 5.74) is 9.32. The van der Waals surface area contributed by atoms with Crippen LogP contribution in [0.2, 0.25) is 0 Å². The van der Waals surface area contributed by atoms with E-state index >= 15 is 0 Å². The molecule has 5 rings (SSSR count). The number of hydrogen-bond donors (Lipinski definition) is 0. The summed E-state index contributed by atoms with van der Waals surface area (Å²) in [5, 5.41) is 0. The summed E-state index contributed by atoms with van der Waals surface area (Å²) in [7, 11) is 0. The Kier molecular flexibility index (Phi) is 5.20. The number of hydrogen-bond acceptors (Lipinski definition) is 1. The van der Waals surface area contributed by atoms with Crippen molar-refractivity contribution in [3.63, 3.8) is 0 Å². The van der Waals surface area contributed by atoms with Gasteiger partial charge in [0.2, 0.25) is 0 Å². The van der Waals surface area contributed by atoms with Crippen molar-refractivity contribution in [1.82, 2.24) is 0 Å². The van der Waals surface area contributed by atoms with Crippen molar-refractivity contribution in [2.45, 2.75) is 52.4 Å². The largest absolute Gasteiger partial charge is 0.310 e. The van der Waals surface area contributed by atoms with Crippen molar-refractivity contribution in [2.75, 3.05) is 4.90 Å². The van der Waals surface area contributed by atoms with Crippen molar-refractivity contribution in [1.29, 1.82) is 0 Å². The third kappa shape index (κ3) is 3.21. The highest BCUT2D eigenvalue weighted by Gasteiger charge is 2.56. The molecule has 1 aliphatic carbocycles. The zero-order chi connectivity index (χ0) is 24.1. The molecule has 1 aliphatic rings. The Balaban J connectivity index is 1.71. The molecule has 0 aromatic heterocycles. The molecule has 0 spiro atoms. The maximum absolute atomic E-state index is 2.46. The van der Waals surface area contributed by atoms with Crippen LogP contribution in [0.5, 0.6) is 0 Å². The van der Waals surface area contributed by atoms with E-state index < -0.39 is 0 Å². The van der Waals surface area contributed by atoms with E-state index in [1.54, 1.807) is 0 Å². The van der Waals surface area contributed by atoms with Crippen LogP contribution in [0.1, 0.15) is 52.7 Å². The Morgan fingerprint density at radius 1 is 0.500 bits per heavy atom. The lowest BCUT2D eigenvalue weighted by atomic mass is 9.59. The molecule has 0 fully saturated rings. The first-order chi connectivity index (χ1) is 16.2. The monoisotopic (exact) mass is 445 g/mol. The molecule has 0 radical (unpaired) electrons. The average molecular weight is 446 g/mol. The second kappa shape index (κ2) is 7.87. The van der Waals surface area contributed by atoms with Gasteiger partial charge in [0, 0.05) is 16.9 Å². The molecule has 0 unspecified atom stereocenters. The minimum absolute atomic E-state index is 0.0787. The van der Waals surface area contributed by atoms with Crippen molar-refractivity contribution in [3.05, 3.63) is 114 Å². The molecule has 0 saturated carbocycles. The van der Waals surface area contributed by atoms with Gasteiger partial charge in [0.15, 0.2) is 0 Å². The van der Waals surface area contributed by atoms with E-state index in [1.807, 2.05) is 0 Å². The quantitative estimate of drug-likeness (QED) is 0.302. The molecule has 0 N–H and O–H groups in total. The van der Waals surface area contributed by atoms with E-state index in [0.717, 1.165) is 11.4 Å². The van der Waals surface area contributed by atoms with Crippen LogP contribution < -0.4 is 4.90 Å². The second-order valence-electron chi connectivity index (χ2n) is 11.2. The summed E-state index contributed by atoms with van der Waals surface area (Å²) in [6.45, 7) is 14.5. The van der Waals surface area contributed by atoms with Crippen molar-refractivity contribution >= 4 is 17.1 Å². The first-order valence-electron chi connectivity index (χ1n) is 12.3. The van der Waals surface area contributed by atoms with Crippen LogP contribution >= 0.6 is 0 Å². The highest BCUT2D eigenvalue weighted by molar-refractivity contribution is 5.88. The molecular weight excluding hydrogens is 410 g/mol. The first-order valence-corrected chi connectivity index (χ1v) is 12.3. The van der Waals surface area contributed by atoms with E-state index in [9.17, 15) is 0 Å². The second-order valence-corrected chi connectivity index (χ2v) is 11.2. The van der Waals surface area contributed by atoms with Gasteiger partial charge in [0.05, 0.1) is 5.69 Å². The fourth-order valence-electron chi connectivity index (χ4n) is 5.72. The van der Waals surface area contributed by atoms with Gasteiger partial charge in [-0.1, -0.05) is 114 Å². The van der Waals surface area contributed by atoms with E-state index in [0.29, 0.717) is 0 Å². The van der Waals surface area contributed by atoms with Gasteiger partial charge >= 0.3 is 0 Å². The normalized spacial score (nSPS) is 17.2. The summed E-state index contributed by atoms with van der Waals surface area (Å²) in [5.74, 6) is 0. The number of anilines is 3. The Morgan fingerprint density at radius 2 is 1.00 bits per heavy atom. The first kappa shape index (κ1) is 22.5. The molecule has 0 aliphatic heterocycles. The molecule has 4 aromatic rings. The van der Waals surface area contributed by atoms with E-state index in [4.69, 9.17) is 0 Å². The van der Waals surface area contributed by atoms with E-state index in [2.05, 4.69) is 150 Å².